The Morgan fingerprint density at radius 2 is 1.69 bits per heavy atom. The van der Waals surface area contributed by atoms with E-state index in [-0.39, 0.29) is 0 Å². The summed E-state index contributed by atoms with van der Waals surface area (Å²) in [5, 5.41) is 0. The quantitative estimate of drug-likeness (QED) is 0.609. The van der Waals surface area contributed by atoms with Gasteiger partial charge in [0, 0.05) is 0 Å². The number of hydrogen-bond donors (Lipinski definition) is 0. The van der Waals surface area contributed by atoms with Crippen LogP contribution in [0.4, 0.5) is 0 Å². The van der Waals surface area contributed by atoms with E-state index in [4.69, 9.17) is 0 Å². The van der Waals surface area contributed by atoms with Crippen LogP contribution in [0.5, 0.6) is 0 Å². The summed E-state index contributed by atoms with van der Waals surface area (Å²) < 4.78 is 0. The van der Waals surface area contributed by atoms with Gasteiger partial charge in [0.25, 0.3) is 0 Å². The first kappa shape index (κ1) is 14.7. The van der Waals surface area contributed by atoms with Crippen molar-refractivity contribution < 1.29 is 0 Å². The number of benzene rings is 1. The molecule has 0 amide bonds. The van der Waals surface area contributed by atoms with Gasteiger partial charge >= 0.3 is 0 Å². The van der Waals surface area contributed by atoms with Crippen LogP contribution < -0.4 is 0 Å². The molecule has 0 nitrogen and oxygen atoms in total. The molecule has 0 aromatic heterocycles. The summed E-state index contributed by atoms with van der Waals surface area (Å²) in [6.45, 7) is 8.16. The van der Waals surface area contributed by atoms with Crippen LogP contribution in [0.25, 0.3) is 0 Å². The number of aryl methyl sites for hydroxylation is 1. The van der Waals surface area contributed by atoms with Crippen molar-refractivity contribution in [1.29, 1.82) is 0 Å². The molecule has 0 aliphatic rings. The maximum atomic E-state index is 2.18. The minimum absolute atomic E-state index is 1.13. The zero-order valence-corrected chi connectivity index (χ0v) is 11.0. The van der Waals surface area contributed by atoms with E-state index in [0.717, 1.165) is 12.8 Å². The van der Waals surface area contributed by atoms with Gasteiger partial charge in [0.2, 0.25) is 0 Å². The monoisotopic (exact) mass is 216 g/mol. The Bertz CT molecular complexity index is 304. The van der Waals surface area contributed by atoms with Gasteiger partial charge in [0.1, 0.15) is 0 Å². The van der Waals surface area contributed by atoms with Gasteiger partial charge in [-0.05, 0) is 32.3 Å². The lowest BCUT2D eigenvalue weighted by molar-refractivity contribution is 0.962. The SMILES string of the molecule is C/C=C\C(=C/C)CCc1ccccc1.CC. The third-order valence-corrected chi connectivity index (χ3v) is 2.30. The summed E-state index contributed by atoms with van der Waals surface area (Å²) in [5.41, 5.74) is 2.83. The molecule has 16 heavy (non-hydrogen) atoms. The third-order valence-electron chi connectivity index (χ3n) is 2.30. The van der Waals surface area contributed by atoms with Crippen LogP contribution in [0.1, 0.15) is 39.7 Å². The summed E-state index contributed by atoms with van der Waals surface area (Å²) in [7, 11) is 0. The third kappa shape index (κ3) is 6.23. The van der Waals surface area contributed by atoms with E-state index >= 15 is 0 Å². The van der Waals surface area contributed by atoms with Gasteiger partial charge in [-0.15, -0.1) is 0 Å². The van der Waals surface area contributed by atoms with Gasteiger partial charge in [-0.1, -0.05) is 68.0 Å². The van der Waals surface area contributed by atoms with E-state index in [1.54, 1.807) is 0 Å². The van der Waals surface area contributed by atoms with Crippen molar-refractivity contribution in [3.63, 3.8) is 0 Å². The van der Waals surface area contributed by atoms with E-state index < -0.39 is 0 Å². The van der Waals surface area contributed by atoms with E-state index in [1.807, 2.05) is 13.8 Å². The molecule has 0 radical (unpaired) electrons. The Kier molecular flexibility index (Phi) is 9.39. The summed E-state index contributed by atoms with van der Waals surface area (Å²) in [6, 6.07) is 10.6. The van der Waals surface area contributed by atoms with Crippen LogP contribution in [0.2, 0.25) is 0 Å². The van der Waals surface area contributed by atoms with Gasteiger partial charge in [0.05, 0.1) is 0 Å². The molecule has 88 valence electrons. The van der Waals surface area contributed by atoms with Crippen molar-refractivity contribution in [3.05, 3.63) is 59.7 Å². The lowest BCUT2D eigenvalue weighted by atomic mass is 10.0. The highest BCUT2D eigenvalue weighted by Crippen LogP contribution is 2.09. The highest BCUT2D eigenvalue weighted by molar-refractivity contribution is 5.21. The first-order chi connectivity index (χ1) is 7.86. The van der Waals surface area contributed by atoms with Crippen molar-refractivity contribution in [3.8, 4) is 0 Å². The molecule has 0 saturated carbocycles. The molecular formula is C16H24. The molecule has 0 bridgehead atoms. The van der Waals surface area contributed by atoms with E-state index in [1.165, 1.54) is 11.1 Å². The molecular weight excluding hydrogens is 192 g/mol. The summed E-state index contributed by atoms with van der Waals surface area (Å²) in [5.74, 6) is 0. The first-order valence-corrected chi connectivity index (χ1v) is 6.18. The number of hydrogen-bond acceptors (Lipinski definition) is 0. The summed E-state index contributed by atoms with van der Waals surface area (Å²) in [4.78, 5) is 0. The van der Waals surface area contributed by atoms with Gasteiger partial charge in [-0.25, -0.2) is 0 Å². The molecule has 0 aliphatic heterocycles. The van der Waals surface area contributed by atoms with Crippen LogP contribution in [0.15, 0.2) is 54.1 Å². The standard InChI is InChI=1S/C14H18.C2H6/c1-3-8-13(4-2)11-12-14-9-6-5-7-10-14;1-2/h3-10H,11-12H2,1-2H3;1-2H3/b8-3-,13-4+;. The van der Waals surface area contributed by atoms with Crippen LogP contribution in [-0.4, -0.2) is 0 Å². The second kappa shape index (κ2) is 10.2. The number of allylic oxidation sites excluding steroid dienone is 4. The largest absolute Gasteiger partial charge is 0.0874 e. The predicted octanol–water partition coefficient (Wildman–Crippen LogP) is 5.17. The zero-order chi connectivity index (χ0) is 12.2. The topological polar surface area (TPSA) is 0 Å². The van der Waals surface area contributed by atoms with Crippen molar-refractivity contribution in [2.75, 3.05) is 0 Å². The molecule has 0 fully saturated rings. The fraction of sp³-hybridized carbons (Fsp3) is 0.375. The van der Waals surface area contributed by atoms with Crippen LogP contribution >= 0.6 is 0 Å². The Morgan fingerprint density at radius 1 is 1.06 bits per heavy atom. The first-order valence-electron chi connectivity index (χ1n) is 6.18. The summed E-state index contributed by atoms with van der Waals surface area (Å²) >= 11 is 0. The normalized spacial score (nSPS) is 11.1. The van der Waals surface area contributed by atoms with E-state index in [0.29, 0.717) is 0 Å². The maximum Gasteiger partial charge on any atom is -0.0238 e. The fourth-order valence-corrected chi connectivity index (χ4v) is 1.47. The molecule has 0 unspecified atom stereocenters. The second-order valence-corrected chi connectivity index (χ2v) is 3.35. The zero-order valence-electron chi connectivity index (χ0n) is 11.0. The maximum absolute atomic E-state index is 2.18. The molecule has 0 atom stereocenters. The minimum atomic E-state index is 1.13. The molecule has 1 aromatic rings. The lowest BCUT2D eigenvalue weighted by Gasteiger charge is -2.01. The Hall–Kier alpha value is -1.30. The predicted molar refractivity (Wildman–Crippen MR) is 74.7 cm³/mol. The van der Waals surface area contributed by atoms with Gasteiger partial charge in [0.15, 0.2) is 0 Å². The molecule has 1 aromatic carbocycles. The minimum Gasteiger partial charge on any atom is -0.0874 e. The fourth-order valence-electron chi connectivity index (χ4n) is 1.47. The molecule has 0 heteroatoms. The van der Waals surface area contributed by atoms with Gasteiger partial charge in [-0.3, -0.25) is 0 Å². The molecule has 0 N–H and O–H groups in total. The van der Waals surface area contributed by atoms with Crippen molar-refractivity contribution in [2.45, 2.75) is 40.5 Å². The lowest BCUT2D eigenvalue weighted by Crippen LogP contribution is -1.86. The van der Waals surface area contributed by atoms with Crippen molar-refractivity contribution in [2.24, 2.45) is 0 Å². The van der Waals surface area contributed by atoms with E-state index in [2.05, 4.69) is 62.4 Å². The second-order valence-electron chi connectivity index (χ2n) is 3.35. The average Bonchev–Trinajstić information content (AvgIpc) is 2.38. The van der Waals surface area contributed by atoms with Crippen molar-refractivity contribution in [1.82, 2.24) is 0 Å². The van der Waals surface area contributed by atoms with Crippen LogP contribution in [0, 0.1) is 0 Å². The highest BCUT2D eigenvalue weighted by Gasteiger charge is 1.93. The molecule has 0 spiro atoms. The Balaban J connectivity index is 0.00000106. The average molecular weight is 216 g/mol. The molecule has 1 rings (SSSR count). The number of rotatable bonds is 4. The highest BCUT2D eigenvalue weighted by atomic mass is 14.0. The molecule has 0 heterocycles. The van der Waals surface area contributed by atoms with Gasteiger partial charge in [-0.2, -0.15) is 0 Å². The smallest absolute Gasteiger partial charge is 0.0238 e. The van der Waals surface area contributed by atoms with Gasteiger partial charge < -0.3 is 0 Å². The Morgan fingerprint density at radius 3 is 2.19 bits per heavy atom. The summed E-state index contributed by atoms with van der Waals surface area (Å²) in [6.07, 6.45) is 8.72. The van der Waals surface area contributed by atoms with Crippen LogP contribution in [-0.2, 0) is 6.42 Å². The van der Waals surface area contributed by atoms with Crippen LogP contribution in [0.3, 0.4) is 0 Å². The molecule has 0 saturated heterocycles. The molecule has 0 aliphatic carbocycles. The van der Waals surface area contributed by atoms with E-state index in [9.17, 15) is 0 Å². The van der Waals surface area contributed by atoms with Crippen molar-refractivity contribution >= 4 is 0 Å². The Labute approximate surface area is 101 Å².